The minimum absolute atomic E-state index is 0. The van der Waals surface area contributed by atoms with Gasteiger partial charge in [0.15, 0.2) is 0 Å². The Balaban J connectivity index is 0.00000520. The standard InChI is InChI=1S/C36H47FN4O6.ClH/c1-36(2)29-14-16-41(24-32(42)39-35(38)44)23-28(29)34-30(46-33(43)9-6-15-40-17-19-45-20-18-40)21-26(22-31(34)47-36)8-5-3-4-7-25-10-12-27(37)13-11-25;/h10-13,21-22H,3-9,14-20,23-24H2,1-2H3,(H3,38,39,42,44);1H. The number of benzene rings is 2. The Morgan fingerprint density at radius 2 is 1.67 bits per heavy atom. The molecule has 1 saturated heterocycles. The summed E-state index contributed by atoms with van der Waals surface area (Å²) in [5.41, 5.74) is 9.56. The molecule has 0 radical (unpaired) electrons. The zero-order valence-corrected chi connectivity index (χ0v) is 28.8. The van der Waals surface area contributed by atoms with E-state index in [0.29, 0.717) is 50.6 Å². The summed E-state index contributed by atoms with van der Waals surface area (Å²) in [6.45, 7) is 9.12. The van der Waals surface area contributed by atoms with Crippen molar-refractivity contribution >= 4 is 35.9 Å². The van der Waals surface area contributed by atoms with Crippen molar-refractivity contribution in [2.75, 3.05) is 52.5 Å². The summed E-state index contributed by atoms with van der Waals surface area (Å²) in [6, 6.07) is 9.79. The van der Waals surface area contributed by atoms with Gasteiger partial charge in [-0.15, -0.1) is 12.4 Å². The average Bonchev–Trinajstić information content (AvgIpc) is 3.01. The molecule has 3 N–H and O–H groups in total. The molecular formula is C36H48ClFN4O6. The highest BCUT2D eigenvalue weighted by atomic mass is 35.5. The lowest BCUT2D eigenvalue weighted by atomic mass is 9.81. The van der Waals surface area contributed by atoms with Gasteiger partial charge in [0, 0.05) is 32.6 Å². The van der Waals surface area contributed by atoms with Crippen LogP contribution in [0.2, 0.25) is 0 Å². The van der Waals surface area contributed by atoms with Gasteiger partial charge < -0.3 is 19.9 Å². The number of hydrogen-bond donors (Lipinski definition) is 2. The Morgan fingerprint density at radius 1 is 0.958 bits per heavy atom. The summed E-state index contributed by atoms with van der Waals surface area (Å²) in [5.74, 6) is 0.161. The van der Waals surface area contributed by atoms with Crippen LogP contribution < -0.4 is 20.5 Å². The van der Waals surface area contributed by atoms with Crippen LogP contribution in [0.3, 0.4) is 0 Å². The smallest absolute Gasteiger partial charge is 0.318 e. The van der Waals surface area contributed by atoms with Gasteiger partial charge in [-0.1, -0.05) is 18.6 Å². The predicted molar refractivity (Wildman–Crippen MR) is 184 cm³/mol. The molecule has 3 amide bonds. The largest absolute Gasteiger partial charge is 0.483 e. The highest BCUT2D eigenvalue weighted by Crippen LogP contribution is 2.48. The van der Waals surface area contributed by atoms with E-state index in [-0.39, 0.29) is 37.2 Å². The molecule has 0 spiro atoms. The lowest BCUT2D eigenvalue weighted by Crippen LogP contribution is -2.46. The van der Waals surface area contributed by atoms with Crippen molar-refractivity contribution in [3.8, 4) is 11.5 Å². The molecule has 0 atom stereocenters. The zero-order chi connectivity index (χ0) is 33.4. The van der Waals surface area contributed by atoms with E-state index >= 15 is 0 Å². The monoisotopic (exact) mass is 686 g/mol. The van der Waals surface area contributed by atoms with Gasteiger partial charge in [0.25, 0.3) is 0 Å². The van der Waals surface area contributed by atoms with Crippen LogP contribution in [0.4, 0.5) is 9.18 Å². The van der Waals surface area contributed by atoms with Gasteiger partial charge in [-0.05, 0) is 105 Å². The van der Waals surface area contributed by atoms with Gasteiger partial charge in [-0.25, -0.2) is 9.18 Å². The number of rotatable bonds is 13. The van der Waals surface area contributed by atoms with Crippen molar-refractivity contribution in [2.45, 2.75) is 70.8 Å². The van der Waals surface area contributed by atoms with Gasteiger partial charge in [-0.3, -0.25) is 24.7 Å². The van der Waals surface area contributed by atoms with Crippen LogP contribution >= 0.6 is 12.4 Å². The Hall–Kier alpha value is -3.51. The number of ether oxygens (including phenoxy) is 3. The first-order chi connectivity index (χ1) is 22.6. The lowest BCUT2D eigenvalue weighted by molar-refractivity contribution is -0.134. The molecular weight excluding hydrogens is 639 g/mol. The SMILES string of the molecule is CC1(C)Oc2cc(CCCCCc3ccc(F)cc3)cc(OC(=O)CCCN3CCOCC3)c2C2=C1CCN(CC(=O)NC(N)=O)C2.Cl. The molecule has 12 heteroatoms. The second-order valence-corrected chi connectivity index (χ2v) is 13.1. The molecule has 0 aliphatic carbocycles. The number of urea groups is 1. The van der Waals surface area contributed by atoms with Gasteiger partial charge in [0.05, 0.1) is 25.3 Å². The van der Waals surface area contributed by atoms with E-state index in [9.17, 15) is 18.8 Å². The number of nitrogens with one attached hydrogen (secondary N) is 1. The van der Waals surface area contributed by atoms with Crippen LogP contribution in [0.1, 0.15) is 69.1 Å². The molecule has 10 nitrogen and oxygen atoms in total. The summed E-state index contributed by atoms with van der Waals surface area (Å²) >= 11 is 0. The fourth-order valence-electron chi connectivity index (χ4n) is 6.74. The number of aryl methyl sites for hydroxylation is 2. The number of morpholine rings is 1. The third kappa shape index (κ3) is 10.2. The number of halogens is 2. The summed E-state index contributed by atoms with van der Waals surface area (Å²) in [7, 11) is 0. The van der Waals surface area contributed by atoms with Crippen molar-refractivity contribution in [2.24, 2.45) is 5.73 Å². The average molecular weight is 687 g/mol. The summed E-state index contributed by atoms with van der Waals surface area (Å²) in [6.07, 6.45) is 6.23. The van der Waals surface area contributed by atoms with Crippen LogP contribution in [0.25, 0.3) is 5.57 Å². The minimum atomic E-state index is -0.879. The maximum atomic E-state index is 13.3. The third-order valence-corrected chi connectivity index (χ3v) is 9.10. The fraction of sp³-hybridized carbons (Fsp3) is 0.528. The Morgan fingerprint density at radius 3 is 2.38 bits per heavy atom. The molecule has 2 aromatic carbocycles. The Labute approximate surface area is 288 Å². The van der Waals surface area contributed by atoms with Crippen molar-refractivity contribution in [3.63, 3.8) is 0 Å². The summed E-state index contributed by atoms with van der Waals surface area (Å²) < 4.78 is 31.4. The number of imide groups is 1. The lowest BCUT2D eigenvalue weighted by Gasteiger charge is -2.42. The van der Waals surface area contributed by atoms with E-state index in [2.05, 4.69) is 16.3 Å². The highest BCUT2D eigenvalue weighted by molar-refractivity contribution is 5.94. The van der Waals surface area contributed by atoms with Crippen LogP contribution in [0.5, 0.6) is 11.5 Å². The number of primary amides is 1. The number of fused-ring (bicyclic) bond motifs is 2. The van der Waals surface area contributed by atoms with Crippen LogP contribution in [0.15, 0.2) is 42.0 Å². The second kappa shape index (κ2) is 17.2. The molecule has 0 bridgehead atoms. The molecule has 0 saturated carbocycles. The highest BCUT2D eigenvalue weighted by Gasteiger charge is 2.40. The molecule has 5 rings (SSSR count). The topological polar surface area (TPSA) is 123 Å². The molecule has 3 heterocycles. The number of unbranched alkanes of at least 4 members (excludes halogenated alkanes) is 2. The maximum absolute atomic E-state index is 13.3. The quantitative estimate of drug-likeness (QED) is 0.171. The van der Waals surface area contributed by atoms with Crippen LogP contribution in [-0.4, -0.2) is 85.8 Å². The van der Waals surface area contributed by atoms with Crippen LogP contribution in [0, 0.1) is 5.82 Å². The normalized spacial score (nSPS) is 17.4. The van der Waals surface area contributed by atoms with E-state index in [1.165, 1.54) is 12.1 Å². The molecule has 262 valence electrons. The number of amides is 3. The van der Waals surface area contributed by atoms with E-state index in [4.69, 9.17) is 19.9 Å². The number of esters is 1. The molecule has 0 unspecified atom stereocenters. The first-order valence-electron chi connectivity index (χ1n) is 16.7. The van der Waals surface area contributed by atoms with E-state index in [0.717, 1.165) is 79.6 Å². The number of nitrogens with zero attached hydrogens (tertiary/aromatic N) is 2. The van der Waals surface area contributed by atoms with E-state index < -0.39 is 17.5 Å². The third-order valence-electron chi connectivity index (χ3n) is 9.10. The van der Waals surface area contributed by atoms with Gasteiger partial charge in [0.1, 0.15) is 22.9 Å². The van der Waals surface area contributed by atoms with Gasteiger partial charge >= 0.3 is 12.0 Å². The second-order valence-electron chi connectivity index (χ2n) is 13.1. The first kappa shape index (κ1) is 37.3. The molecule has 48 heavy (non-hydrogen) atoms. The van der Waals surface area contributed by atoms with Crippen molar-refractivity contribution in [3.05, 3.63) is 64.5 Å². The summed E-state index contributed by atoms with van der Waals surface area (Å²) in [5, 5.41) is 2.15. The Kier molecular flexibility index (Phi) is 13.4. The van der Waals surface area contributed by atoms with E-state index in [1.54, 1.807) is 0 Å². The molecule has 1 fully saturated rings. The van der Waals surface area contributed by atoms with Crippen molar-refractivity contribution < 1.29 is 33.0 Å². The first-order valence-corrected chi connectivity index (χ1v) is 16.7. The molecule has 3 aliphatic heterocycles. The number of nitrogens with two attached hydrogens (primary N) is 1. The molecule has 2 aromatic rings. The fourth-order valence-corrected chi connectivity index (χ4v) is 6.74. The van der Waals surface area contributed by atoms with E-state index in [1.807, 2.05) is 36.9 Å². The zero-order valence-electron chi connectivity index (χ0n) is 28.0. The summed E-state index contributed by atoms with van der Waals surface area (Å²) in [4.78, 5) is 41.1. The van der Waals surface area contributed by atoms with Gasteiger partial charge in [-0.2, -0.15) is 0 Å². The van der Waals surface area contributed by atoms with Crippen LogP contribution in [-0.2, 0) is 27.2 Å². The van der Waals surface area contributed by atoms with Gasteiger partial charge in [0.2, 0.25) is 5.91 Å². The molecule has 0 aromatic heterocycles. The number of hydrogen-bond acceptors (Lipinski definition) is 8. The van der Waals surface area contributed by atoms with Crippen molar-refractivity contribution in [1.29, 1.82) is 0 Å². The number of carbonyl (C=O) groups excluding carboxylic acids is 3. The number of carbonyl (C=O) groups is 3. The molecule has 3 aliphatic rings. The Bertz CT molecular complexity index is 1480. The maximum Gasteiger partial charge on any atom is 0.318 e. The predicted octanol–water partition coefficient (Wildman–Crippen LogP) is 5.05. The van der Waals surface area contributed by atoms with Crippen molar-refractivity contribution in [1.82, 2.24) is 15.1 Å². The minimum Gasteiger partial charge on any atom is -0.483 e.